The van der Waals surface area contributed by atoms with E-state index in [1.807, 2.05) is 60.7 Å². The van der Waals surface area contributed by atoms with Gasteiger partial charge in [-0.15, -0.1) is 0 Å². The van der Waals surface area contributed by atoms with Crippen LogP contribution in [0.2, 0.25) is 0 Å². The molecule has 1 heterocycles. The second-order valence-electron chi connectivity index (χ2n) is 8.39. The summed E-state index contributed by atoms with van der Waals surface area (Å²) in [4.78, 5) is 5.15. The number of hydrogen-bond donors (Lipinski definition) is 0. The number of benzene rings is 3. The van der Waals surface area contributed by atoms with E-state index in [0.29, 0.717) is 17.2 Å². The molecule has 0 fully saturated rings. The number of fused-ring (bicyclic) bond motifs is 2. The average Bonchev–Trinajstić information content (AvgIpc) is 3.28. The maximum Gasteiger partial charge on any atom is 0.270 e. The van der Waals surface area contributed by atoms with Crippen LogP contribution in [0.5, 0.6) is 5.75 Å². The van der Waals surface area contributed by atoms with Gasteiger partial charge in [-0.1, -0.05) is 66.7 Å². The fraction of sp³-hybridized carbons (Fsp3) is 0.100. The van der Waals surface area contributed by atoms with Gasteiger partial charge in [0.2, 0.25) is 5.88 Å². The molecule has 9 heteroatoms. The van der Waals surface area contributed by atoms with Crippen molar-refractivity contribution < 1.29 is 17.7 Å². The fourth-order valence-electron chi connectivity index (χ4n) is 4.25. The molecule has 39 heavy (non-hydrogen) atoms. The van der Waals surface area contributed by atoms with Gasteiger partial charge in [-0.05, 0) is 47.0 Å². The molecule has 3 aromatic carbocycles. The van der Waals surface area contributed by atoms with Crippen molar-refractivity contribution in [3.63, 3.8) is 0 Å². The molecule has 3 aromatic rings. The minimum Gasteiger partial charge on any atom is -0.748 e. The number of nitrogens with zero attached hydrogens (tertiary/aromatic N) is 4. The number of hydrogen-bond acceptors (Lipinski definition) is 7. The van der Waals surface area contributed by atoms with E-state index in [-0.39, 0.29) is 29.8 Å². The summed E-state index contributed by atoms with van der Waals surface area (Å²) in [5.41, 5.74) is 1.54. The maximum atomic E-state index is 11.1. The van der Waals surface area contributed by atoms with Gasteiger partial charge in [0, 0.05) is 17.9 Å². The van der Waals surface area contributed by atoms with Crippen molar-refractivity contribution in [3.8, 4) is 17.9 Å². The van der Waals surface area contributed by atoms with Gasteiger partial charge in [-0.3, -0.25) is 0 Å². The molecule has 4 rings (SSSR count). The zero-order valence-electron chi connectivity index (χ0n) is 20.6. The van der Waals surface area contributed by atoms with Crippen LogP contribution in [0.4, 0.5) is 5.69 Å². The molecule has 0 unspecified atom stereocenters. The predicted molar refractivity (Wildman–Crippen MR) is 148 cm³/mol. The summed E-state index contributed by atoms with van der Waals surface area (Å²) in [7, 11) is -4.34. The summed E-state index contributed by atoms with van der Waals surface area (Å²) < 4.78 is 39.1. The second kappa shape index (κ2) is 11.9. The largest absolute Gasteiger partial charge is 0.748 e. The Bertz CT molecular complexity index is 1760. The van der Waals surface area contributed by atoms with E-state index in [0.717, 1.165) is 16.5 Å². The first-order valence-corrected chi connectivity index (χ1v) is 13.4. The van der Waals surface area contributed by atoms with Gasteiger partial charge in [-0.2, -0.15) is 5.26 Å². The zero-order chi connectivity index (χ0) is 27.8. The Morgan fingerprint density at radius 2 is 1.77 bits per heavy atom. The zero-order valence-corrected chi connectivity index (χ0v) is 21.4. The van der Waals surface area contributed by atoms with Gasteiger partial charge >= 0.3 is 0 Å². The van der Waals surface area contributed by atoms with Gasteiger partial charge in [-0.25, -0.2) is 18.5 Å². The molecule has 1 aliphatic rings. The van der Waals surface area contributed by atoms with Crippen molar-refractivity contribution in [2.75, 3.05) is 17.2 Å². The number of rotatable bonds is 8. The van der Waals surface area contributed by atoms with Gasteiger partial charge in [0.25, 0.3) is 5.70 Å². The van der Waals surface area contributed by atoms with E-state index in [9.17, 15) is 23.5 Å². The first-order chi connectivity index (χ1) is 18.9. The molecule has 0 aliphatic carbocycles. The SMILES string of the molecule is [C-]#[N+]/C(C#N)=C(/C(C#N)=C/C=C/C=C1\Oc2ccccc2N1CCCS(=O)(=O)[O-])c1cccc2ccccc12. The summed E-state index contributed by atoms with van der Waals surface area (Å²) in [5, 5.41) is 21.4. The van der Waals surface area contributed by atoms with Crippen LogP contribution in [0.3, 0.4) is 0 Å². The Hall–Kier alpha value is -5.14. The van der Waals surface area contributed by atoms with Crippen LogP contribution in [0.25, 0.3) is 21.2 Å². The summed E-state index contributed by atoms with van der Waals surface area (Å²) in [6, 6.07) is 24.3. The molecular formula is C30H21N4O4S-. The van der Waals surface area contributed by atoms with E-state index in [1.165, 1.54) is 6.08 Å². The molecule has 0 spiro atoms. The molecular weight excluding hydrogens is 512 g/mol. The minimum atomic E-state index is -4.34. The molecule has 0 amide bonds. The lowest BCUT2D eigenvalue weighted by Crippen LogP contribution is -2.23. The van der Waals surface area contributed by atoms with Crippen molar-refractivity contribution in [2.24, 2.45) is 0 Å². The van der Waals surface area contributed by atoms with Gasteiger partial charge in [0.1, 0.15) is 0 Å². The van der Waals surface area contributed by atoms with E-state index in [4.69, 9.17) is 11.3 Å². The summed E-state index contributed by atoms with van der Waals surface area (Å²) in [6.45, 7) is 7.78. The van der Waals surface area contributed by atoms with E-state index >= 15 is 0 Å². The van der Waals surface area contributed by atoms with Crippen molar-refractivity contribution in [1.29, 1.82) is 10.5 Å². The first kappa shape index (κ1) is 26.9. The van der Waals surface area contributed by atoms with Crippen LogP contribution < -0.4 is 9.64 Å². The lowest BCUT2D eigenvalue weighted by Gasteiger charge is -2.18. The van der Waals surface area contributed by atoms with Crippen molar-refractivity contribution in [2.45, 2.75) is 6.42 Å². The average molecular weight is 534 g/mol. The maximum absolute atomic E-state index is 11.1. The molecule has 1 aliphatic heterocycles. The van der Waals surface area contributed by atoms with Gasteiger partial charge in [0.15, 0.2) is 5.75 Å². The Morgan fingerprint density at radius 3 is 2.51 bits per heavy atom. The van der Waals surface area contributed by atoms with Gasteiger partial charge in [0.05, 0.1) is 40.1 Å². The van der Waals surface area contributed by atoms with Crippen molar-refractivity contribution >= 4 is 32.2 Å². The topological polar surface area (TPSA) is 122 Å². The smallest absolute Gasteiger partial charge is 0.270 e. The Morgan fingerprint density at radius 1 is 1.03 bits per heavy atom. The minimum absolute atomic E-state index is 0.121. The van der Waals surface area contributed by atoms with Crippen LogP contribution in [0.15, 0.2) is 108 Å². The molecule has 0 saturated heterocycles. The third kappa shape index (κ3) is 6.23. The summed E-state index contributed by atoms with van der Waals surface area (Å²) >= 11 is 0. The van der Waals surface area contributed by atoms with E-state index in [2.05, 4.69) is 10.9 Å². The van der Waals surface area contributed by atoms with Gasteiger partial charge < -0.3 is 14.2 Å². The normalized spacial score (nSPS) is 14.9. The number of ether oxygens (including phenoxy) is 1. The number of anilines is 1. The summed E-state index contributed by atoms with van der Waals surface area (Å²) in [5.74, 6) is 0.521. The highest BCUT2D eigenvalue weighted by Crippen LogP contribution is 2.38. The monoisotopic (exact) mass is 533 g/mol. The molecule has 0 saturated carbocycles. The lowest BCUT2D eigenvalue weighted by atomic mass is 9.92. The summed E-state index contributed by atoms with van der Waals surface area (Å²) in [6.07, 6.45) is 6.53. The van der Waals surface area contributed by atoms with Crippen LogP contribution >= 0.6 is 0 Å². The fourth-order valence-corrected chi connectivity index (χ4v) is 4.74. The molecule has 0 aromatic heterocycles. The lowest BCUT2D eigenvalue weighted by molar-refractivity contribution is 0.436. The third-order valence-corrected chi connectivity index (χ3v) is 6.72. The molecule has 0 bridgehead atoms. The Balaban J connectivity index is 1.68. The molecule has 0 atom stereocenters. The first-order valence-electron chi connectivity index (χ1n) is 11.8. The Kier molecular flexibility index (Phi) is 8.24. The van der Waals surface area contributed by atoms with E-state index in [1.54, 1.807) is 35.3 Å². The highest BCUT2D eigenvalue weighted by atomic mass is 32.2. The Labute approximate surface area is 226 Å². The molecule has 0 N–H and O–H groups in total. The number of nitriles is 2. The standard InChI is InChI=1S/C30H22N4O4S/c1-33-26(21-32)30(25-14-8-12-22-10-2-4-13-24(22)25)23(20-31)11-3-7-17-29-34(18-9-19-39(35,36)37)27-15-5-6-16-28(27)38-29/h2-8,10-17H,9,18-19H2,(H,35,36,37)/p-1/b7-3+,23-11+,29-17-,30-26-. The molecule has 192 valence electrons. The number of allylic oxidation sites excluding steroid dienone is 7. The molecule has 8 nitrogen and oxygen atoms in total. The highest BCUT2D eigenvalue weighted by molar-refractivity contribution is 7.85. The van der Waals surface area contributed by atoms with E-state index < -0.39 is 15.9 Å². The van der Waals surface area contributed by atoms with Crippen LogP contribution in [-0.4, -0.2) is 25.3 Å². The van der Waals surface area contributed by atoms with Crippen LogP contribution in [0, 0.1) is 29.2 Å². The molecule has 0 radical (unpaired) electrons. The predicted octanol–water partition coefficient (Wildman–Crippen LogP) is 5.68. The van der Waals surface area contributed by atoms with Crippen LogP contribution in [-0.2, 0) is 10.1 Å². The highest BCUT2D eigenvalue weighted by Gasteiger charge is 2.25. The van der Waals surface area contributed by atoms with Crippen molar-refractivity contribution in [1.82, 2.24) is 0 Å². The van der Waals surface area contributed by atoms with Crippen molar-refractivity contribution in [3.05, 3.63) is 125 Å². The number of para-hydroxylation sites is 2. The second-order valence-corrected chi connectivity index (χ2v) is 9.92. The quantitative estimate of drug-likeness (QED) is 0.158. The van der Waals surface area contributed by atoms with Crippen LogP contribution in [0.1, 0.15) is 12.0 Å². The third-order valence-electron chi connectivity index (χ3n) is 5.93.